The maximum Gasteiger partial charge on any atom is 0.155 e. The summed E-state index contributed by atoms with van der Waals surface area (Å²) in [6.45, 7) is 10.0. The molecule has 0 unspecified atom stereocenters. The monoisotopic (exact) mass is 193 g/mol. The minimum absolute atomic E-state index is 0.903. The van der Waals surface area contributed by atoms with Crippen molar-refractivity contribution in [2.75, 3.05) is 0 Å². The molecule has 0 aliphatic carbocycles. The lowest BCUT2D eigenvalue weighted by Gasteiger charge is -1.93. The van der Waals surface area contributed by atoms with Crippen molar-refractivity contribution in [2.45, 2.75) is 34.6 Å². The van der Waals surface area contributed by atoms with Crippen LogP contribution >= 0.6 is 0 Å². The molecule has 14 heavy (non-hydrogen) atoms. The normalized spacial score (nSPS) is 8.36. The fraction of sp³-hybridized carbons (Fsp3) is 0.455. The quantitative estimate of drug-likeness (QED) is 0.643. The van der Waals surface area contributed by atoms with Gasteiger partial charge >= 0.3 is 0 Å². The summed E-state index contributed by atoms with van der Waals surface area (Å²) in [7, 11) is 0. The van der Waals surface area contributed by atoms with E-state index in [-0.39, 0.29) is 0 Å². The third-order valence-corrected chi connectivity index (χ3v) is 1.49. The van der Waals surface area contributed by atoms with E-state index in [0.717, 1.165) is 11.3 Å². The first kappa shape index (κ1) is 12.6. The third kappa shape index (κ3) is 2.83. The highest BCUT2D eigenvalue weighted by Crippen LogP contribution is 2.00. The Balaban J connectivity index is 0.000000379. The van der Waals surface area contributed by atoms with E-state index in [0.29, 0.717) is 0 Å². The van der Waals surface area contributed by atoms with Crippen LogP contribution in [0, 0.1) is 6.92 Å². The molecule has 0 N–H and O–H groups in total. The van der Waals surface area contributed by atoms with Crippen molar-refractivity contribution in [3.8, 4) is 0 Å². The molecule has 0 bridgehead atoms. The largest absolute Gasteiger partial charge is 0.218 e. The Bertz CT molecular complexity index is 352. The number of pyridine rings is 1. The number of fused-ring (bicyclic) bond motifs is 1. The summed E-state index contributed by atoms with van der Waals surface area (Å²) in [4.78, 5) is 4.03. The number of nitrogens with zero attached hydrogens (tertiary/aromatic N) is 3. The van der Waals surface area contributed by atoms with Crippen LogP contribution in [0.5, 0.6) is 0 Å². The van der Waals surface area contributed by atoms with E-state index in [4.69, 9.17) is 0 Å². The predicted octanol–water partition coefficient (Wildman–Crippen LogP) is 3.09. The van der Waals surface area contributed by atoms with Crippen LogP contribution < -0.4 is 0 Å². The Labute approximate surface area is 85.8 Å². The Morgan fingerprint density at radius 3 is 2.29 bits per heavy atom. The van der Waals surface area contributed by atoms with E-state index in [1.165, 1.54) is 0 Å². The van der Waals surface area contributed by atoms with Gasteiger partial charge in [-0.3, -0.25) is 0 Å². The van der Waals surface area contributed by atoms with Crippen LogP contribution in [0.25, 0.3) is 5.65 Å². The standard InChI is InChI=1S/C7H7N3.2C2H6/c1-6-3-2-4-7-8-5-9-10(6)7;2*1-2/h2-5H,1H3;2*1-2H3. The molecule has 2 rings (SSSR count). The number of aromatic nitrogens is 3. The second kappa shape index (κ2) is 7.06. The second-order valence-electron chi connectivity index (χ2n) is 2.20. The first-order valence-corrected chi connectivity index (χ1v) is 5.13. The van der Waals surface area contributed by atoms with E-state index in [9.17, 15) is 0 Å². The number of hydrogen-bond donors (Lipinski definition) is 0. The van der Waals surface area contributed by atoms with Gasteiger partial charge in [0.15, 0.2) is 5.65 Å². The zero-order valence-electron chi connectivity index (χ0n) is 9.65. The number of aryl methyl sites for hydroxylation is 1. The lowest BCUT2D eigenvalue weighted by Crippen LogP contribution is -1.90. The number of rotatable bonds is 0. The Kier molecular flexibility index (Phi) is 6.37. The SMILES string of the molecule is CC.CC.Cc1cccc2ncnn12. The zero-order valence-corrected chi connectivity index (χ0v) is 9.65. The second-order valence-corrected chi connectivity index (χ2v) is 2.20. The van der Waals surface area contributed by atoms with Crippen molar-refractivity contribution in [2.24, 2.45) is 0 Å². The summed E-state index contributed by atoms with van der Waals surface area (Å²) < 4.78 is 1.81. The van der Waals surface area contributed by atoms with Gasteiger partial charge in [-0.25, -0.2) is 9.50 Å². The Morgan fingerprint density at radius 2 is 1.71 bits per heavy atom. The molecule has 3 nitrogen and oxygen atoms in total. The van der Waals surface area contributed by atoms with Crippen LogP contribution in [0.1, 0.15) is 33.4 Å². The smallest absolute Gasteiger partial charge is 0.155 e. The molecule has 78 valence electrons. The van der Waals surface area contributed by atoms with Gasteiger partial charge in [0.1, 0.15) is 6.33 Å². The molecule has 0 atom stereocenters. The molecule has 2 aromatic heterocycles. The van der Waals surface area contributed by atoms with Crippen molar-refractivity contribution in [1.29, 1.82) is 0 Å². The highest BCUT2D eigenvalue weighted by molar-refractivity contribution is 5.36. The fourth-order valence-electron chi connectivity index (χ4n) is 0.980. The highest BCUT2D eigenvalue weighted by Gasteiger charge is 1.93. The van der Waals surface area contributed by atoms with E-state index in [2.05, 4.69) is 10.1 Å². The van der Waals surface area contributed by atoms with Gasteiger partial charge in [0.05, 0.1) is 0 Å². The van der Waals surface area contributed by atoms with Crippen molar-refractivity contribution in [3.63, 3.8) is 0 Å². The maximum atomic E-state index is 4.03. The van der Waals surface area contributed by atoms with E-state index < -0.39 is 0 Å². The van der Waals surface area contributed by atoms with Crippen LogP contribution in [0.15, 0.2) is 24.5 Å². The third-order valence-electron chi connectivity index (χ3n) is 1.49. The first-order chi connectivity index (χ1) is 6.88. The van der Waals surface area contributed by atoms with Gasteiger partial charge in [0, 0.05) is 5.69 Å². The Hall–Kier alpha value is -1.38. The van der Waals surface area contributed by atoms with Gasteiger partial charge in [0.2, 0.25) is 0 Å². The van der Waals surface area contributed by atoms with Crippen molar-refractivity contribution in [3.05, 3.63) is 30.2 Å². The van der Waals surface area contributed by atoms with Gasteiger partial charge in [0.25, 0.3) is 0 Å². The van der Waals surface area contributed by atoms with Crippen molar-refractivity contribution < 1.29 is 0 Å². The summed E-state index contributed by atoms with van der Waals surface area (Å²) in [6, 6.07) is 5.90. The molecule has 0 fully saturated rings. The molecule has 0 amide bonds. The van der Waals surface area contributed by atoms with Gasteiger partial charge < -0.3 is 0 Å². The first-order valence-electron chi connectivity index (χ1n) is 5.13. The molecule has 0 saturated carbocycles. The molecule has 3 heteroatoms. The molecular formula is C11H19N3. The highest BCUT2D eigenvalue weighted by atomic mass is 15.3. The van der Waals surface area contributed by atoms with Crippen LogP contribution in [0.4, 0.5) is 0 Å². The van der Waals surface area contributed by atoms with Crippen LogP contribution in [0.2, 0.25) is 0 Å². The van der Waals surface area contributed by atoms with Crippen molar-refractivity contribution in [1.82, 2.24) is 14.6 Å². The Morgan fingerprint density at radius 1 is 1.07 bits per heavy atom. The van der Waals surface area contributed by atoms with Crippen LogP contribution in [-0.2, 0) is 0 Å². The summed E-state index contributed by atoms with van der Waals surface area (Å²) >= 11 is 0. The molecule has 0 aliphatic rings. The molecule has 0 radical (unpaired) electrons. The zero-order chi connectivity index (χ0) is 11.0. The van der Waals surface area contributed by atoms with E-state index in [1.807, 2.05) is 52.8 Å². The summed E-state index contributed by atoms with van der Waals surface area (Å²) in [5.41, 5.74) is 2.01. The topological polar surface area (TPSA) is 30.2 Å². The molecule has 0 saturated heterocycles. The summed E-state index contributed by atoms with van der Waals surface area (Å²) in [5, 5.41) is 4.02. The average Bonchev–Trinajstić information content (AvgIpc) is 2.73. The maximum absolute atomic E-state index is 4.03. The molecule has 0 aromatic carbocycles. The molecule has 0 spiro atoms. The van der Waals surface area contributed by atoms with Gasteiger partial charge in [-0.1, -0.05) is 33.8 Å². The summed E-state index contributed by atoms with van der Waals surface area (Å²) in [5.74, 6) is 0. The van der Waals surface area contributed by atoms with Gasteiger partial charge in [-0.2, -0.15) is 5.10 Å². The predicted molar refractivity (Wildman–Crippen MR) is 60.4 cm³/mol. The van der Waals surface area contributed by atoms with Crippen LogP contribution in [-0.4, -0.2) is 14.6 Å². The van der Waals surface area contributed by atoms with Gasteiger partial charge in [-0.05, 0) is 19.1 Å². The van der Waals surface area contributed by atoms with E-state index >= 15 is 0 Å². The van der Waals surface area contributed by atoms with Crippen molar-refractivity contribution >= 4 is 5.65 Å². The summed E-state index contributed by atoms with van der Waals surface area (Å²) in [6.07, 6.45) is 1.56. The fourth-order valence-corrected chi connectivity index (χ4v) is 0.980. The molecular weight excluding hydrogens is 174 g/mol. The lowest BCUT2D eigenvalue weighted by molar-refractivity contribution is 0.915. The molecule has 2 aromatic rings. The number of hydrogen-bond acceptors (Lipinski definition) is 2. The average molecular weight is 193 g/mol. The van der Waals surface area contributed by atoms with E-state index in [1.54, 1.807) is 10.8 Å². The van der Waals surface area contributed by atoms with Crippen LogP contribution in [0.3, 0.4) is 0 Å². The minimum atomic E-state index is 0.903. The van der Waals surface area contributed by atoms with Gasteiger partial charge in [-0.15, -0.1) is 0 Å². The lowest BCUT2D eigenvalue weighted by atomic mass is 10.4. The minimum Gasteiger partial charge on any atom is -0.218 e. The molecule has 0 aliphatic heterocycles. The molecule has 2 heterocycles.